The summed E-state index contributed by atoms with van der Waals surface area (Å²) in [6, 6.07) is 7.48. The van der Waals surface area contributed by atoms with Gasteiger partial charge in [-0.2, -0.15) is 4.98 Å². The molecule has 6 nitrogen and oxygen atoms in total. The van der Waals surface area contributed by atoms with E-state index in [1.54, 1.807) is 4.57 Å². The summed E-state index contributed by atoms with van der Waals surface area (Å²) in [6.07, 6.45) is 1.94. The number of hydrogen-bond acceptors (Lipinski definition) is 6. The standard InChI is InChI=1S/C19H24N4O2S/c1-5-6-11-23-18(24)14-9-7-8-10-15(14)20-19(23)26-13(4)17-21-16(12(2)3)22-25-17/h7-10,12-13H,5-6,11H2,1-4H3. The number of rotatable bonds is 7. The Morgan fingerprint density at radius 3 is 2.65 bits per heavy atom. The Bertz CT molecular complexity index is 948. The average Bonchev–Trinajstić information content (AvgIpc) is 3.12. The fourth-order valence-electron chi connectivity index (χ4n) is 2.61. The van der Waals surface area contributed by atoms with Gasteiger partial charge >= 0.3 is 0 Å². The van der Waals surface area contributed by atoms with Gasteiger partial charge in [-0.1, -0.05) is 56.2 Å². The quantitative estimate of drug-likeness (QED) is 0.447. The van der Waals surface area contributed by atoms with Crippen LogP contribution in [0.2, 0.25) is 0 Å². The molecule has 1 unspecified atom stereocenters. The predicted octanol–water partition coefficient (Wildman–Crippen LogP) is 4.56. The van der Waals surface area contributed by atoms with Crippen LogP contribution in [0.3, 0.4) is 0 Å². The third kappa shape index (κ3) is 3.82. The SMILES string of the molecule is CCCCn1c(SC(C)c2nc(C(C)C)no2)nc2ccccc2c1=O. The summed E-state index contributed by atoms with van der Waals surface area (Å²) in [5.41, 5.74) is 0.723. The lowest BCUT2D eigenvalue weighted by atomic mass is 10.2. The predicted molar refractivity (Wildman–Crippen MR) is 104 cm³/mol. The molecule has 7 heteroatoms. The van der Waals surface area contributed by atoms with Crippen molar-refractivity contribution in [2.24, 2.45) is 0 Å². The lowest BCUT2D eigenvalue weighted by Gasteiger charge is -2.14. The van der Waals surface area contributed by atoms with Gasteiger partial charge in [0.05, 0.1) is 16.2 Å². The van der Waals surface area contributed by atoms with Crippen LogP contribution < -0.4 is 5.56 Å². The van der Waals surface area contributed by atoms with Crippen molar-refractivity contribution in [3.8, 4) is 0 Å². The Morgan fingerprint density at radius 1 is 1.19 bits per heavy atom. The molecule has 26 heavy (non-hydrogen) atoms. The third-order valence-corrected chi connectivity index (χ3v) is 5.24. The molecule has 2 heterocycles. The van der Waals surface area contributed by atoms with Crippen LogP contribution in [0.4, 0.5) is 0 Å². The largest absolute Gasteiger partial charge is 0.338 e. The molecule has 0 fully saturated rings. The highest BCUT2D eigenvalue weighted by Crippen LogP contribution is 2.33. The number of fused-ring (bicyclic) bond motifs is 1. The van der Waals surface area contributed by atoms with E-state index in [-0.39, 0.29) is 16.7 Å². The number of thioether (sulfide) groups is 1. The Balaban J connectivity index is 1.97. The third-order valence-electron chi connectivity index (χ3n) is 4.17. The van der Waals surface area contributed by atoms with E-state index < -0.39 is 0 Å². The van der Waals surface area contributed by atoms with Gasteiger partial charge in [0.1, 0.15) is 0 Å². The minimum Gasteiger partial charge on any atom is -0.338 e. The van der Waals surface area contributed by atoms with Gasteiger partial charge in [0.15, 0.2) is 11.0 Å². The summed E-state index contributed by atoms with van der Waals surface area (Å²) in [4.78, 5) is 22.1. The monoisotopic (exact) mass is 372 g/mol. The highest BCUT2D eigenvalue weighted by molar-refractivity contribution is 7.99. The minimum atomic E-state index is -0.0871. The summed E-state index contributed by atoms with van der Waals surface area (Å²) in [6.45, 7) is 8.82. The second-order valence-corrected chi connectivity index (χ2v) is 7.94. The lowest BCUT2D eigenvalue weighted by molar-refractivity contribution is 0.372. The number of hydrogen-bond donors (Lipinski definition) is 0. The highest BCUT2D eigenvalue weighted by atomic mass is 32.2. The molecule has 0 amide bonds. The smallest absolute Gasteiger partial charge is 0.262 e. The van der Waals surface area contributed by atoms with Crippen LogP contribution in [-0.4, -0.2) is 19.7 Å². The van der Waals surface area contributed by atoms with E-state index in [1.807, 2.05) is 45.0 Å². The molecule has 0 aliphatic rings. The second-order valence-electron chi connectivity index (χ2n) is 6.63. The van der Waals surface area contributed by atoms with Crippen molar-refractivity contribution in [3.63, 3.8) is 0 Å². The van der Waals surface area contributed by atoms with Crippen LogP contribution in [-0.2, 0) is 6.54 Å². The number of nitrogens with zero attached hydrogens (tertiary/aromatic N) is 4. The maximum Gasteiger partial charge on any atom is 0.262 e. The molecule has 0 aliphatic heterocycles. The van der Waals surface area contributed by atoms with Gasteiger partial charge in [-0.3, -0.25) is 9.36 Å². The minimum absolute atomic E-state index is 0.00662. The number of para-hydroxylation sites is 1. The van der Waals surface area contributed by atoms with E-state index in [0.29, 0.717) is 34.3 Å². The molecule has 1 atom stereocenters. The van der Waals surface area contributed by atoms with Crippen LogP contribution in [0.1, 0.15) is 63.4 Å². The van der Waals surface area contributed by atoms with Gasteiger partial charge in [-0.15, -0.1) is 0 Å². The zero-order chi connectivity index (χ0) is 18.7. The first kappa shape index (κ1) is 18.6. The highest BCUT2D eigenvalue weighted by Gasteiger charge is 2.20. The Kier molecular flexibility index (Phi) is 5.76. The van der Waals surface area contributed by atoms with Gasteiger partial charge in [0.25, 0.3) is 5.56 Å². The van der Waals surface area contributed by atoms with E-state index >= 15 is 0 Å². The Labute approximate surface area is 157 Å². The van der Waals surface area contributed by atoms with Gasteiger partial charge < -0.3 is 4.52 Å². The van der Waals surface area contributed by atoms with Gasteiger partial charge in [0.2, 0.25) is 5.89 Å². The van der Waals surface area contributed by atoms with E-state index in [2.05, 4.69) is 17.1 Å². The molecule has 3 aromatic rings. The number of aromatic nitrogens is 4. The van der Waals surface area contributed by atoms with Crippen LogP contribution in [0.5, 0.6) is 0 Å². The Hall–Kier alpha value is -2.15. The van der Waals surface area contributed by atoms with Gasteiger partial charge in [0, 0.05) is 12.5 Å². The van der Waals surface area contributed by atoms with Crippen molar-refractivity contribution in [2.45, 2.75) is 63.4 Å². The molecule has 3 rings (SSSR count). The van der Waals surface area contributed by atoms with Gasteiger partial charge in [-0.05, 0) is 25.5 Å². The van der Waals surface area contributed by atoms with Gasteiger partial charge in [-0.25, -0.2) is 4.98 Å². The summed E-state index contributed by atoms with van der Waals surface area (Å²) >= 11 is 1.48. The molecule has 0 saturated carbocycles. The maximum absolute atomic E-state index is 12.9. The first-order chi connectivity index (χ1) is 12.5. The summed E-state index contributed by atoms with van der Waals surface area (Å²) in [5.74, 6) is 1.47. The average molecular weight is 372 g/mol. The lowest BCUT2D eigenvalue weighted by Crippen LogP contribution is -2.23. The fraction of sp³-hybridized carbons (Fsp3) is 0.474. The normalized spacial score (nSPS) is 12.8. The zero-order valence-electron chi connectivity index (χ0n) is 15.6. The Morgan fingerprint density at radius 2 is 1.96 bits per heavy atom. The molecule has 1 aromatic carbocycles. The molecule has 0 spiro atoms. The molecule has 2 aromatic heterocycles. The maximum atomic E-state index is 12.9. The molecule has 0 N–H and O–H groups in total. The van der Waals surface area contributed by atoms with Crippen LogP contribution >= 0.6 is 11.8 Å². The van der Waals surface area contributed by atoms with Crippen LogP contribution in [0.15, 0.2) is 38.7 Å². The van der Waals surface area contributed by atoms with Crippen LogP contribution in [0, 0.1) is 0 Å². The van der Waals surface area contributed by atoms with Crippen molar-refractivity contribution in [1.29, 1.82) is 0 Å². The molecule has 0 radical (unpaired) electrons. The molecular weight excluding hydrogens is 348 g/mol. The van der Waals surface area contributed by atoms with Crippen molar-refractivity contribution < 1.29 is 4.52 Å². The van der Waals surface area contributed by atoms with E-state index in [0.717, 1.165) is 12.8 Å². The van der Waals surface area contributed by atoms with E-state index in [1.165, 1.54) is 11.8 Å². The van der Waals surface area contributed by atoms with Crippen molar-refractivity contribution in [1.82, 2.24) is 19.7 Å². The van der Waals surface area contributed by atoms with Crippen molar-refractivity contribution in [2.75, 3.05) is 0 Å². The number of benzene rings is 1. The summed E-state index contributed by atoms with van der Waals surface area (Å²) in [5, 5.41) is 5.29. The first-order valence-corrected chi connectivity index (χ1v) is 9.89. The van der Waals surface area contributed by atoms with E-state index in [9.17, 15) is 4.79 Å². The summed E-state index contributed by atoms with van der Waals surface area (Å²) < 4.78 is 7.17. The molecule has 138 valence electrons. The molecule has 0 saturated heterocycles. The fourth-order valence-corrected chi connectivity index (χ4v) is 3.57. The van der Waals surface area contributed by atoms with Crippen molar-refractivity contribution in [3.05, 3.63) is 46.3 Å². The van der Waals surface area contributed by atoms with E-state index in [4.69, 9.17) is 9.51 Å². The molecule has 0 aliphatic carbocycles. The first-order valence-electron chi connectivity index (χ1n) is 9.01. The molecular formula is C19H24N4O2S. The van der Waals surface area contributed by atoms with Crippen LogP contribution in [0.25, 0.3) is 10.9 Å². The molecule has 0 bridgehead atoms. The summed E-state index contributed by atoms with van der Waals surface area (Å²) in [7, 11) is 0. The zero-order valence-corrected chi connectivity index (χ0v) is 16.4. The number of unbranched alkanes of at least 4 members (excludes halogenated alkanes) is 1. The second kappa shape index (κ2) is 8.03. The van der Waals surface area contributed by atoms with Crippen molar-refractivity contribution >= 4 is 22.7 Å². The topological polar surface area (TPSA) is 73.8 Å².